The van der Waals surface area contributed by atoms with Gasteiger partial charge in [-0.15, -0.1) is 0 Å². The lowest BCUT2D eigenvalue weighted by atomic mass is 10.1. The minimum atomic E-state index is -0.988. The molecule has 106 valence electrons. The Morgan fingerprint density at radius 1 is 1.29 bits per heavy atom. The van der Waals surface area contributed by atoms with Crippen LogP contribution in [0.15, 0.2) is 46.9 Å². The van der Waals surface area contributed by atoms with Gasteiger partial charge in [0.15, 0.2) is 5.58 Å². The van der Waals surface area contributed by atoms with Crippen molar-refractivity contribution in [3.05, 3.63) is 53.6 Å². The molecule has 0 aliphatic carbocycles. The van der Waals surface area contributed by atoms with Crippen molar-refractivity contribution < 1.29 is 14.3 Å². The fourth-order valence-corrected chi connectivity index (χ4v) is 2.10. The molecule has 2 N–H and O–H groups in total. The van der Waals surface area contributed by atoms with E-state index in [0.717, 1.165) is 12.1 Å². The first kappa shape index (κ1) is 13.2. The van der Waals surface area contributed by atoms with Gasteiger partial charge in [-0.2, -0.15) is 4.98 Å². The van der Waals surface area contributed by atoms with Crippen LogP contribution in [-0.2, 0) is 6.42 Å². The Bertz CT molecular complexity index is 808. The summed E-state index contributed by atoms with van der Waals surface area (Å²) in [5.41, 5.74) is 3.35. The molecule has 5 heteroatoms. The summed E-state index contributed by atoms with van der Waals surface area (Å²) < 4.78 is 5.55. The zero-order valence-electron chi connectivity index (χ0n) is 11.5. The Morgan fingerprint density at radius 2 is 2.14 bits per heavy atom. The molecule has 3 aromatic rings. The number of carboxylic acids is 1. The maximum absolute atomic E-state index is 10.9. The van der Waals surface area contributed by atoms with Crippen molar-refractivity contribution in [2.24, 2.45) is 0 Å². The summed E-state index contributed by atoms with van der Waals surface area (Å²) in [4.78, 5) is 15.2. The van der Waals surface area contributed by atoms with Gasteiger partial charge in [0, 0.05) is 5.69 Å². The van der Waals surface area contributed by atoms with Crippen LogP contribution in [0.25, 0.3) is 11.1 Å². The van der Waals surface area contributed by atoms with E-state index in [1.165, 1.54) is 17.7 Å². The normalized spacial score (nSPS) is 10.7. The van der Waals surface area contributed by atoms with Crippen molar-refractivity contribution in [2.75, 3.05) is 5.32 Å². The molecule has 2 aromatic carbocycles. The quantitative estimate of drug-likeness (QED) is 0.760. The lowest BCUT2D eigenvalue weighted by Gasteiger charge is -2.03. The fourth-order valence-electron chi connectivity index (χ4n) is 2.10. The fraction of sp³-hybridized carbons (Fsp3) is 0.125. The van der Waals surface area contributed by atoms with E-state index in [1.807, 2.05) is 18.2 Å². The van der Waals surface area contributed by atoms with Crippen LogP contribution in [-0.4, -0.2) is 16.1 Å². The van der Waals surface area contributed by atoms with Gasteiger partial charge >= 0.3 is 5.97 Å². The summed E-state index contributed by atoms with van der Waals surface area (Å²) in [6.45, 7) is 2.09. The number of nitrogens with one attached hydrogen (secondary N) is 1. The largest absolute Gasteiger partial charge is 0.478 e. The first-order valence-corrected chi connectivity index (χ1v) is 6.65. The van der Waals surface area contributed by atoms with Gasteiger partial charge in [-0.3, -0.25) is 0 Å². The predicted octanol–water partition coefficient (Wildman–Crippen LogP) is 3.83. The minimum Gasteiger partial charge on any atom is -0.478 e. The summed E-state index contributed by atoms with van der Waals surface area (Å²) in [5.74, 6) is -0.988. The summed E-state index contributed by atoms with van der Waals surface area (Å²) in [7, 11) is 0. The smallest absolute Gasteiger partial charge is 0.335 e. The molecule has 0 radical (unpaired) electrons. The van der Waals surface area contributed by atoms with Crippen molar-refractivity contribution in [1.29, 1.82) is 0 Å². The number of nitrogens with zero attached hydrogens (tertiary/aromatic N) is 1. The maximum Gasteiger partial charge on any atom is 0.335 e. The maximum atomic E-state index is 10.9. The Hall–Kier alpha value is -2.82. The number of rotatable bonds is 4. The number of oxazole rings is 1. The molecule has 0 saturated carbocycles. The first-order chi connectivity index (χ1) is 10.2. The number of fused-ring (bicyclic) bond motifs is 1. The van der Waals surface area contributed by atoms with E-state index in [9.17, 15) is 4.79 Å². The molecule has 0 atom stereocenters. The number of hydrogen-bond acceptors (Lipinski definition) is 4. The number of hydrogen-bond donors (Lipinski definition) is 2. The van der Waals surface area contributed by atoms with Gasteiger partial charge in [0.2, 0.25) is 0 Å². The van der Waals surface area contributed by atoms with Crippen LogP contribution in [0.2, 0.25) is 0 Å². The Balaban J connectivity index is 1.92. The number of aryl methyl sites for hydroxylation is 1. The van der Waals surface area contributed by atoms with Crippen LogP contribution in [0.1, 0.15) is 22.8 Å². The highest BCUT2D eigenvalue weighted by Gasteiger charge is 2.10. The molecule has 0 unspecified atom stereocenters. The molecule has 0 aliphatic rings. The third-order valence-electron chi connectivity index (χ3n) is 3.22. The van der Waals surface area contributed by atoms with Gasteiger partial charge in [-0.05, 0) is 42.3 Å². The number of benzene rings is 2. The Morgan fingerprint density at radius 3 is 2.90 bits per heavy atom. The molecule has 1 heterocycles. The lowest BCUT2D eigenvalue weighted by Crippen LogP contribution is -1.94. The first-order valence-electron chi connectivity index (χ1n) is 6.65. The summed E-state index contributed by atoms with van der Waals surface area (Å²) in [5, 5.41) is 12.1. The van der Waals surface area contributed by atoms with Crippen LogP contribution in [0.3, 0.4) is 0 Å². The van der Waals surface area contributed by atoms with Crippen LogP contribution in [0.4, 0.5) is 11.7 Å². The molecular formula is C16H14N2O3. The Labute approximate surface area is 121 Å². The van der Waals surface area contributed by atoms with E-state index >= 15 is 0 Å². The second kappa shape index (κ2) is 5.28. The molecule has 1 aromatic heterocycles. The van der Waals surface area contributed by atoms with Crippen LogP contribution in [0.5, 0.6) is 0 Å². The Kier molecular flexibility index (Phi) is 3.31. The third kappa shape index (κ3) is 2.72. The van der Waals surface area contributed by atoms with Gasteiger partial charge in [-0.1, -0.05) is 19.1 Å². The number of aromatic nitrogens is 1. The molecule has 0 spiro atoms. The van der Waals surface area contributed by atoms with Crippen molar-refractivity contribution in [3.63, 3.8) is 0 Å². The zero-order chi connectivity index (χ0) is 14.8. The van der Waals surface area contributed by atoms with Gasteiger partial charge in [0.1, 0.15) is 5.52 Å². The molecule has 21 heavy (non-hydrogen) atoms. The molecule has 3 rings (SSSR count). The number of anilines is 2. The molecule has 0 fully saturated rings. The SMILES string of the molecule is CCc1cccc(Nc2nc3ccc(C(=O)O)cc3o2)c1. The minimum absolute atomic E-state index is 0.179. The second-order valence-electron chi connectivity index (χ2n) is 4.69. The highest BCUT2D eigenvalue weighted by molar-refractivity contribution is 5.92. The van der Waals surface area contributed by atoms with Crippen molar-refractivity contribution in [3.8, 4) is 0 Å². The highest BCUT2D eigenvalue weighted by Crippen LogP contribution is 2.23. The van der Waals surface area contributed by atoms with E-state index in [2.05, 4.69) is 23.3 Å². The molecule has 0 amide bonds. The number of carbonyl (C=O) groups is 1. The van der Waals surface area contributed by atoms with Crippen LogP contribution in [0, 0.1) is 0 Å². The topological polar surface area (TPSA) is 75.4 Å². The summed E-state index contributed by atoms with van der Waals surface area (Å²) in [6.07, 6.45) is 0.949. The zero-order valence-corrected chi connectivity index (χ0v) is 11.5. The van der Waals surface area contributed by atoms with Crippen LogP contribution < -0.4 is 5.32 Å². The second-order valence-corrected chi connectivity index (χ2v) is 4.69. The van der Waals surface area contributed by atoms with E-state index in [0.29, 0.717) is 17.1 Å². The van der Waals surface area contributed by atoms with E-state index in [-0.39, 0.29) is 5.56 Å². The molecule has 0 aliphatic heterocycles. The van der Waals surface area contributed by atoms with Crippen LogP contribution >= 0.6 is 0 Å². The third-order valence-corrected chi connectivity index (χ3v) is 3.22. The summed E-state index contributed by atoms with van der Waals surface area (Å²) >= 11 is 0. The van der Waals surface area contributed by atoms with E-state index in [1.54, 1.807) is 6.07 Å². The monoisotopic (exact) mass is 282 g/mol. The molecule has 0 saturated heterocycles. The van der Waals surface area contributed by atoms with Gasteiger partial charge in [0.05, 0.1) is 5.56 Å². The number of carboxylic acid groups (broad SMARTS) is 1. The van der Waals surface area contributed by atoms with Crippen molar-refractivity contribution in [1.82, 2.24) is 4.98 Å². The molecule has 5 nitrogen and oxygen atoms in total. The number of aromatic carboxylic acids is 1. The van der Waals surface area contributed by atoms with Gasteiger partial charge in [0.25, 0.3) is 6.01 Å². The molecule has 0 bridgehead atoms. The molecular weight excluding hydrogens is 268 g/mol. The van der Waals surface area contributed by atoms with Crippen molar-refractivity contribution >= 4 is 28.8 Å². The predicted molar refractivity (Wildman–Crippen MR) is 80.1 cm³/mol. The van der Waals surface area contributed by atoms with Gasteiger partial charge in [-0.25, -0.2) is 4.79 Å². The average molecular weight is 282 g/mol. The van der Waals surface area contributed by atoms with Gasteiger partial charge < -0.3 is 14.8 Å². The lowest BCUT2D eigenvalue weighted by molar-refractivity contribution is 0.0697. The van der Waals surface area contributed by atoms with Crippen molar-refractivity contribution in [2.45, 2.75) is 13.3 Å². The standard InChI is InChI=1S/C16H14N2O3/c1-2-10-4-3-5-12(8-10)17-16-18-13-7-6-11(15(19)20)9-14(13)21-16/h3-9H,2H2,1H3,(H,17,18)(H,19,20). The summed E-state index contributed by atoms with van der Waals surface area (Å²) in [6, 6.07) is 12.9. The average Bonchev–Trinajstić information content (AvgIpc) is 2.88. The van der Waals surface area contributed by atoms with E-state index in [4.69, 9.17) is 9.52 Å². The van der Waals surface area contributed by atoms with E-state index < -0.39 is 5.97 Å². The highest BCUT2D eigenvalue weighted by atomic mass is 16.4.